The molecule has 18 heavy (non-hydrogen) atoms. The number of nitriles is 1. The van der Waals surface area contributed by atoms with Gasteiger partial charge in [-0.2, -0.15) is 9.65 Å². The minimum Gasteiger partial charge on any atom is -0.219 e. The Morgan fingerprint density at radius 2 is 2.00 bits per heavy atom. The van der Waals surface area contributed by atoms with Gasteiger partial charge in [0.2, 0.25) is 5.95 Å². The Bertz CT molecular complexity index is 635. The summed E-state index contributed by atoms with van der Waals surface area (Å²) in [6.45, 7) is 0. The third-order valence-corrected chi connectivity index (χ3v) is 2.95. The van der Waals surface area contributed by atoms with Crippen LogP contribution in [0.4, 0.5) is 4.39 Å². The molecule has 0 saturated carbocycles. The number of pyridine rings is 1. The second-order valence-electron chi connectivity index (χ2n) is 3.61. The highest BCUT2D eigenvalue weighted by atomic mass is 35.5. The summed E-state index contributed by atoms with van der Waals surface area (Å²) in [5, 5.41) is 9.43. The van der Waals surface area contributed by atoms with Gasteiger partial charge in [-0.05, 0) is 24.3 Å². The van der Waals surface area contributed by atoms with Crippen LogP contribution >= 0.6 is 23.2 Å². The third-order valence-electron chi connectivity index (χ3n) is 2.40. The molecule has 2 rings (SSSR count). The van der Waals surface area contributed by atoms with Gasteiger partial charge in [-0.15, -0.1) is 0 Å². The van der Waals surface area contributed by atoms with Crippen LogP contribution in [0.25, 0.3) is 11.3 Å². The van der Waals surface area contributed by atoms with Crippen molar-refractivity contribution < 1.29 is 4.39 Å². The molecule has 0 aliphatic heterocycles. The Morgan fingerprint density at radius 1 is 1.22 bits per heavy atom. The Hall–Kier alpha value is -1.63. The van der Waals surface area contributed by atoms with Crippen molar-refractivity contribution in [3.8, 4) is 17.3 Å². The molecule has 1 aromatic heterocycles. The van der Waals surface area contributed by atoms with E-state index in [4.69, 9.17) is 28.5 Å². The molecule has 5 heteroatoms. The highest BCUT2D eigenvalue weighted by Gasteiger charge is 2.09. The van der Waals surface area contributed by atoms with Gasteiger partial charge in [0.05, 0.1) is 23.2 Å². The fourth-order valence-corrected chi connectivity index (χ4v) is 2.03. The van der Waals surface area contributed by atoms with Crippen molar-refractivity contribution in [2.75, 3.05) is 0 Å². The van der Waals surface area contributed by atoms with E-state index in [9.17, 15) is 4.39 Å². The summed E-state index contributed by atoms with van der Waals surface area (Å²) in [5.41, 5.74) is 1.28. The number of halogens is 3. The molecule has 0 N–H and O–H groups in total. The summed E-state index contributed by atoms with van der Waals surface area (Å²) in [5.74, 6) is -0.653. The van der Waals surface area contributed by atoms with Crippen molar-refractivity contribution in [1.82, 2.24) is 4.98 Å². The predicted octanol–water partition coefficient (Wildman–Crippen LogP) is 4.26. The SMILES string of the molecule is N#CCc1ccc(-c2ccc(Cl)cc2Cl)nc1F. The fraction of sp³-hybridized carbons (Fsp3) is 0.0769. The van der Waals surface area contributed by atoms with Crippen LogP contribution in [-0.2, 0) is 6.42 Å². The van der Waals surface area contributed by atoms with Crippen molar-refractivity contribution in [3.05, 3.63) is 51.9 Å². The molecule has 90 valence electrons. The van der Waals surface area contributed by atoms with E-state index >= 15 is 0 Å². The van der Waals surface area contributed by atoms with Gasteiger partial charge in [-0.3, -0.25) is 0 Å². The molecule has 0 fully saturated rings. The highest BCUT2D eigenvalue weighted by molar-refractivity contribution is 6.36. The van der Waals surface area contributed by atoms with Gasteiger partial charge >= 0.3 is 0 Å². The van der Waals surface area contributed by atoms with Crippen LogP contribution in [0, 0.1) is 17.3 Å². The molecule has 0 aliphatic rings. The average molecular weight is 281 g/mol. The maximum Gasteiger partial charge on any atom is 0.217 e. The van der Waals surface area contributed by atoms with Gasteiger partial charge in [0.1, 0.15) is 0 Å². The van der Waals surface area contributed by atoms with Gasteiger partial charge < -0.3 is 0 Å². The molecule has 0 saturated heterocycles. The van der Waals surface area contributed by atoms with Crippen molar-refractivity contribution in [3.63, 3.8) is 0 Å². The lowest BCUT2D eigenvalue weighted by molar-refractivity contribution is 0.573. The van der Waals surface area contributed by atoms with Crippen LogP contribution in [0.2, 0.25) is 10.0 Å². The Balaban J connectivity index is 2.46. The quantitative estimate of drug-likeness (QED) is 0.771. The van der Waals surface area contributed by atoms with E-state index in [0.717, 1.165) is 0 Å². The van der Waals surface area contributed by atoms with Crippen molar-refractivity contribution >= 4 is 23.2 Å². The second kappa shape index (κ2) is 5.34. The molecule has 1 heterocycles. The zero-order valence-electron chi connectivity index (χ0n) is 9.12. The van der Waals surface area contributed by atoms with E-state index in [1.807, 2.05) is 6.07 Å². The first-order chi connectivity index (χ1) is 8.61. The molecule has 0 aliphatic carbocycles. The van der Waals surface area contributed by atoms with E-state index < -0.39 is 5.95 Å². The number of aromatic nitrogens is 1. The number of benzene rings is 1. The van der Waals surface area contributed by atoms with Crippen LogP contribution < -0.4 is 0 Å². The molecule has 0 unspecified atom stereocenters. The first-order valence-electron chi connectivity index (χ1n) is 5.09. The Labute approximate surface area is 114 Å². The van der Waals surface area contributed by atoms with E-state index in [0.29, 0.717) is 21.3 Å². The first kappa shape index (κ1) is 12.8. The lowest BCUT2D eigenvalue weighted by atomic mass is 10.1. The van der Waals surface area contributed by atoms with Gasteiger partial charge in [0, 0.05) is 16.1 Å². The molecular weight excluding hydrogens is 274 g/mol. The van der Waals surface area contributed by atoms with Crippen LogP contribution in [-0.4, -0.2) is 4.98 Å². The molecule has 1 aromatic carbocycles. The van der Waals surface area contributed by atoms with Crippen LogP contribution in [0.3, 0.4) is 0 Å². The molecule has 0 spiro atoms. The minimum absolute atomic E-state index is 0.00648. The fourth-order valence-electron chi connectivity index (χ4n) is 1.53. The van der Waals surface area contributed by atoms with Gasteiger partial charge in [-0.1, -0.05) is 29.3 Å². The van der Waals surface area contributed by atoms with E-state index in [-0.39, 0.29) is 12.0 Å². The lowest BCUT2D eigenvalue weighted by Crippen LogP contribution is -1.95. The van der Waals surface area contributed by atoms with Gasteiger partial charge in [0.15, 0.2) is 0 Å². The van der Waals surface area contributed by atoms with Crippen molar-refractivity contribution in [2.24, 2.45) is 0 Å². The molecule has 0 amide bonds. The molecule has 0 bridgehead atoms. The van der Waals surface area contributed by atoms with Gasteiger partial charge in [-0.25, -0.2) is 4.98 Å². The van der Waals surface area contributed by atoms with Crippen LogP contribution in [0.1, 0.15) is 5.56 Å². The number of rotatable bonds is 2. The number of hydrogen-bond donors (Lipinski definition) is 0. The smallest absolute Gasteiger partial charge is 0.217 e. The van der Waals surface area contributed by atoms with E-state index in [2.05, 4.69) is 4.98 Å². The summed E-state index contributed by atoms with van der Waals surface area (Å²) >= 11 is 11.8. The first-order valence-corrected chi connectivity index (χ1v) is 5.85. The maximum atomic E-state index is 13.6. The standard InChI is InChI=1S/C13H7Cl2FN2/c14-9-2-3-10(11(15)7-9)12-4-1-8(5-6-17)13(16)18-12/h1-4,7H,5H2. The predicted molar refractivity (Wildman–Crippen MR) is 69.0 cm³/mol. The van der Waals surface area contributed by atoms with Crippen molar-refractivity contribution in [2.45, 2.75) is 6.42 Å². The topological polar surface area (TPSA) is 36.7 Å². The largest absolute Gasteiger partial charge is 0.219 e. The second-order valence-corrected chi connectivity index (χ2v) is 4.45. The highest BCUT2D eigenvalue weighted by Crippen LogP contribution is 2.29. The van der Waals surface area contributed by atoms with E-state index in [1.165, 1.54) is 6.07 Å². The zero-order chi connectivity index (χ0) is 13.1. The summed E-state index contributed by atoms with van der Waals surface area (Å²) in [7, 11) is 0. The summed E-state index contributed by atoms with van der Waals surface area (Å²) in [4.78, 5) is 3.81. The molecule has 2 nitrogen and oxygen atoms in total. The summed E-state index contributed by atoms with van der Waals surface area (Å²) in [6, 6.07) is 9.95. The van der Waals surface area contributed by atoms with Crippen LogP contribution in [0.15, 0.2) is 30.3 Å². The van der Waals surface area contributed by atoms with Crippen molar-refractivity contribution in [1.29, 1.82) is 5.26 Å². The molecule has 0 radical (unpaired) electrons. The van der Waals surface area contributed by atoms with Crippen LogP contribution in [0.5, 0.6) is 0 Å². The summed E-state index contributed by atoms with van der Waals surface area (Å²) < 4.78 is 13.6. The average Bonchev–Trinajstić information content (AvgIpc) is 2.32. The number of hydrogen-bond acceptors (Lipinski definition) is 2. The maximum absolute atomic E-state index is 13.6. The lowest BCUT2D eigenvalue weighted by Gasteiger charge is -2.05. The minimum atomic E-state index is -0.653. The number of nitrogens with zero attached hydrogens (tertiary/aromatic N) is 2. The van der Waals surface area contributed by atoms with Gasteiger partial charge in [0.25, 0.3) is 0 Å². The summed E-state index contributed by atoms with van der Waals surface area (Å²) in [6.07, 6.45) is -0.00648. The molecule has 2 aromatic rings. The third kappa shape index (κ3) is 2.61. The zero-order valence-corrected chi connectivity index (χ0v) is 10.6. The van der Waals surface area contributed by atoms with E-state index in [1.54, 1.807) is 24.3 Å². The Morgan fingerprint density at radius 3 is 2.61 bits per heavy atom. The molecule has 0 atom stereocenters. The monoisotopic (exact) mass is 280 g/mol. The Kier molecular flexibility index (Phi) is 3.81. The normalized spacial score (nSPS) is 10.1. The molecular formula is C13H7Cl2FN2.